The highest BCUT2D eigenvalue weighted by molar-refractivity contribution is 5.79. The van der Waals surface area contributed by atoms with Gasteiger partial charge >= 0.3 is 0 Å². The van der Waals surface area contributed by atoms with E-state index in [1.54, 1.807) is 0 Å². The van der Waals surface area contributed by atoms with Crippen LogP contribution < -0.4 is 11.1 Å². The lowest BCUT2D eigenvalue weighted by Gasteiger charge is -2.32. The molecule has 17 heavy (non-hydrogen) atoms. The van der Waals surface area contributed by atoms with Crippen molar-refractivity contribution in [2.75, 3.05) is 26.2 Å². The highest BCUT2D eigenvalue weighted by atomic mass is 16.2. The highest BCUT2D eigenvalue weighted by Gasteiger charge is 2.25. The molecule has 3 N–H and O–H groups in total. The zero-order valence-corrected chi connectivity index (χ0v) is 11.4. The van der Waals surface area contributed by atoms with Gasteiger partial charge in [-0.2, -0.15) is 0 Å². The third-order valence-electron chi connectivity index (χ3n) is 3.78. The minimum atomic E-state index is -0.0424. The zero-order valence-electron chi connectivity index (χ0n) is 11.4. The van der Waals surface area contributed by atoms with Crippen LogP contribution in [-0.4, -0.2) is 43.0 Å². The van der Waals surface area contributed by atoms with Crippen LogP contribution in [0.2, 0.25) is 0 Å². The van der Waals surface area contributed by atoms with Gasteiger partial charge in [-0.3, -0.25) is 4.79 Å². The molecule has 0 saturated carbocycles. The molecular formula is C13H27N3O. The second-order valence-corrected chi connectivity index (χ2v) is 5.30. The summed E-state index contributed by atoms with van der Waals surface area (Å²) in [4.78, 5) is 14.5. The first-order chi connectivity index (χ1) is 8.08. The van der Waals surface area contributed by atoms with Gasteiger partial charge in [0.2, 0.25) is 5.91 Å². The van der Waals surface area contributed by atoms with Crippen LogP contribution in [0, 0.1) is 11.8 Å². The summed E-state index contributed by atoms with van der Waals surface area (Å²) in [5, 5.41) is 3.15. The summed E-state index contributed by atoms with van der Waals surface area (Å²) < 4.78 is 0. The molecule has 1 unspecified atom stereocenters. The molecule has 1 heterocycles. The van der Waals surface area contributed by atoms with Gasteiger partial charge in [-0.15, -0.1) is 0 Å². The summed E-state index contributed by atoms with van der Waals surface area (Å²) in [5.41, 5.74) is 5.65. The van der Waals surface area contributed by atoms with Gasteiger partial charge < -0.3 is 16.0 Å². The van der Waals surface area contributed by atoms with Gasteiger partial charge in [0.15, 0.2) is 0 Å². The average Bonchev–Trinajstić information content (AvgIpc) is 2.30. The third kappa shape index (κ3) is 4.28. The highest BCUT2D eigenvalue weighted by Crippen LogP contribution is 2.13. The molecule has 0 bridgehead atoms. The van der Waals surface area contributed by atoms with Crippen LogP contribution in [0.15, 0.2) is 0 Å². The Morgan fingerprint density at radius 2 is 2.00 bits per heavy atom. The van der Waals surface area contributed by atoms with E-state index >= 15 is 0 Å². The second kappa shape index (κ2) is 6.97. The summed E-state index contributed by atoms with van der Waals surface area (Å²) in [5.74, 6) is 0.410. The molecule has 1 saturated heterocycles. The van der Waals surface area contributed by atoms with Gasteiger partial charge in [-0.05, 0) is 25.3 Å². The van der Waals surface area contributed by atoms with Crippen LogP contribution in [0.5, 0.6) is 0 Å². The summed E-state index contributed by atoms with van der Waals surface area (Å²) in [6.07, 6.45) is 2.13. The van der Waals surface area contributed by atoms with Crippen molar-refractivity contribution in [3.8, 4) is 0 Å². The molecule has 4 nitrogen and oxygen atoms in total. The summed E-state index contributed by atoms with van der Waals surface area (Å²) in [6, 6.07) is 0.345. The van der Waals surface area contributed by atoms with Crippen molar-refractivity contribution in [2.24, 2.45) is 17.6 Å². The minimum Gasteiger partial charge on any atom is -0.353 e. The standard InChI is InChI=1S/C13H27N3O/c1-4-16-7-5-11(6-8-16)15-13(17)12(9-14)10(2)3/h10-12H,4-9,14H2,1-3H3,(H,15,17). The molecule has 0 aliphatic carbocycles. The lowest BCUT2D eigenvalue weighted by molar-refractivity contribution is -0.127. The first-order valence-electron chi connectivity index (χ1n) is 6.81. The predicted molar refractivity (Wildman–Crippen MR) is 70.7 cm³/mol. The number of carbonyl (C=O) groups excluding carboxylic acids is 1. The number of nitrogens with zero attached hydrogens (tertiary/aromatic N) is 1. The molecule has 1 aliphatic heterocycles. The van der Waals surface area contributed by atoms with Crippen LogP contribution in [0.25, 0.3) is 0 Å². The van der Waals surface area contributed by atoms with Crippen LogP contribution >= 0.6 is 0 Å². The number of hydrogen-bond acceptors (Lipinski definition) is 3. The SMILES string of the molecule is CCN1CCC(NC(=O)C(CN)C(C)C)CC1. The number of rotatable bonds is 5. The average molecular weight is 241 g/mol. The Morgan fingerprint density at radius 3 is 2.41 bits per heavy atom. The summed E-state index contributed by atoms with van der Waals surface area (Å²) >= 11 is 0. The normalized spacial score (nSPS) is 20.5. The molecule has 1 amide bonds. The number of nitrogens with one attached hydrogen (secondary N) is 1. The van der Waals surface area contributed by atoms with Crippen molar-refractivity contribution in [1.29, 1.82) is 0 Å². The zero-order chi connectivity index (χ0) is 12.8. The van der Waals surface area contributed by atoms with Gasteiger partial charge in [-0.25, -0.2) is 0 Å². The third-order valence-corrected chi connectivity index (χ3v) is 3.78. The van der Waals surface area contributed by atoms with Crippen molar-refractivity contribution in [1.82, 2.24) is 10.2 Å². The largest absolute Gasteiger partial charge is 0.353 e. The molecule has 1 atom stereocenters. The van der Waals surface area contributed by atoms with E-state index in [-0.39, 0.29) is 11.8 Å². The molecule has 0 aromatic carbocycles. The van der Waals surface area contributed by atoms with Crippen LogP contribution in [-0.2, 0) is 4.79 Å². The van der Waals surface area contributed by atoms with E-state index in [4.69, 9.17) is 5.73 Å². The lowest BCUT2D eigenvalue weighted by atomic mass is 9.94. The van der Waals surface area contributed by atoms with Gasteiger partial charge in [0.25, 0.3) is 0 Å². The van der Waals surface area contributed by atoms with E-state index in [2.05, 4.69) is 31.0 Å². The van der Waals surface area contributed by atoms with E-state index in [9.17, 15) is 4.79 Å². The van der Waals surface area contributed by atoms with E-state index in [1.165, 1.54) is 0 Å². The van der Waals surface area contributed by atoms with E-state index in [1.807, 2.05) is 0 Å². The van der Waals surface area contributed by atoms with Gasteiger partial charge in [0.1, 0.15) is 0 Å². The first kappa shape index (κ1) is 14.5. The molecule has 100 valence electrons. The maximum atomic E-state index is 12.0. The Hall–Kier alpha value is -0.610. The quantitative estimate of drug-likeness (QED) is 0.749. The van der Waals surface area contributed by atoms with Crippen molar-refractivity contribution < 1.29 is 4.79 Å². The number of piperidine rings is 1. The number of nitrogens with two attached hydrogens (primary N) is 1. The fourth-order valence-electron chi connectivity index (χ4n) is 2.38. The molecule has 0 spiro atoms. The molecule has 0 radical (unpaired) electrons. The molecular weight excluding hydrogens is 214 g/mol. The van der Waals surface area contributed by atoms with Gasteiger partial charge in [-0.1, -0.05) is 20.8 Å². The number of amides is 1. The topological polar surface area (TPSA) is 58.4 Å². The van der Waals surface area contributed by atoms with Crippen molar-refractivity contribution >= 4 is 5.91 Å². The van der Waals surface area contributed by atoms with Crippen molar-refractivity contribution in [2.45, 2.75) is 39.7 Å². The fraction of sp³-hybridized carbons (Fsp3) is 0.923. The Bertz CT molecular complexity index is 235. The number of hydrogen-bond donors (Lipinski definition) is 2. The first-order valence-corrected chi connectivity index (χ1v) is 6.81. The van der Waals surface area contributed by atoms with Gasteiger partial charge in [0, 0.05) is 25.7 Å². The second-order valence-electron chi connectivity index (χ2n) is 5.30. The van der Waals surface area contributed by atoms with Crippen molar-refractivity contribution in [3.63, 3.8) is 0 Å². The molecule has 1 rings (SSSR count). The maximum absolute atomic E-state index is 12.0. The minimum absolute atomic E-state index is 0.0424. The van der Waals surface area contributed by atoms with Crippen LogP contribution in [0.1, 0.15) is 33.6 Å². The maximum Gasteiger partial charge on any atom is 0.224 e. The summed E-state index contributed by atoms with van der Waals surface area (Å²) in [6.45, 7) is 10.0. The Balaban J connectivity index is 2.36. The molecule has 4 heteroatoms. The van der Waals surface area contributed by atoms with E-state index < -0.39 is 0 Å². The number of likely N-dealkylation sites (tertiary alicyclic amines) is 1. The Kier molecular flexibility index (Phi) is 5.92. The van der Waals surface area contributed by atoms with Crippen molar-refractivity contribution in [3.05, 3.63) is 0 Å². The Labute approximate surface area is 105 Å². The molecule has 1 fully saturated rings. The number of carbonyl (C=O) groups is 1. The van der Waals surface area contributed by atoms with Crippen LogP contribution in [0.3, 0.4) is 0 Å². The summed E-state index contributed by atoms with van der Waals surface area (Å²) in [7, 11) is 0. The van der Waals surface area contributed by atoms with E-state index in [0.29, 0.717) is 18.5 Å². The fourth-order valence-corrected chi connectivity index (χ4v) is 2.38. The predicted octanol–water partition coefficient (Wildman–Crippen LogP) is 0.818. The molecule has 0 aromatic rings. The van der Waals surface area contributed by atoms with Crippen LogP contribution in [0.4, 0.5) is 0 Å². The lowest BCUT2D eigenvalue weighted by Crippen LogP contribution is -2.48. The van der Waals surface area contributed by atoms with E-state index in [0.717, 1.165) is 32.5 Å². The molecule has 1 aliphatic rings. The van der Waals surface area contributed by atoms with Gasteiger partial charge in [0.05, 0.1) is 5.92 Å². The Morgan fingerprint density at radius 1 is 1.41 bits per heavy atom. The smallest absolute Gasteiger partial charge is 0.224 e. The molecule has 0 aromatic heterocycles. The monoisotopic (exact) mass is 241 g/mol.